The van der Waals surface area contributed by atoms with Gasteiger partial charge in [0, 0.05) is 6.07 Å². The standard InChI is InChI=1S/C15H7Cl2N5O6S/c16-7-1-6(22-15(25)20-14(24)9(4-18)21-22)2-8(17)13(7)28-12-3-11(29(26)27)10(23)5-19-12/h1-3,5,23H,(H,26,27)(H,20,24,25)/p-1. The Morgan fingerprint density at radius 2 is 1.93 bits per heavy atom. The van der Waals surface area contributed by atoms with Gasteiger partial charge < -0.3 is 14.4 Å². The highest BCUT2D eigenvalue weighted by molar-refractivity contribution is 7.79. The van der Waals surface area contributed by atoms with Gasteiger partial charge in [0.1, 0.15) is 11.8 Å². The highest BCUT2D eigenvalue weighted by Crippen LogP contribution is 2.38. The maximum Gasteiger partial charge on any atom is 0.349 e. The number of nitriles is 1. The van der Waals surface area contributed by atoms with Gasteiger partial charge in [-0.2, -0.15) is 9.94 Å². The highest BCUT2D eigenvalue weighted by Gasteiger charge is 2.16. The van der Waals surface area contributed by atoms with Crippen LogP contribution >= 0.6 is 23.2 Å². The maximum atomic E-state index is 12.0. The van der Waals surface area contributed by atoms with E-state index in [0.29, 0.717) is 4.68 Å². The number of nitrogens with zero attached hydrogens (tertiary/aromatic N) is 4. The summed E-state index contributed by atoms with van der Waals surface area (Å²) in [5.41, 5.74) is -2.41. The van der Waals surface area contributed by atoms with Gasteiger partial charge in [0.25, 0.3) is 5.56 Å². The SMILES string of the molecule is N#Cc1nn(-c2cc(Cl)c(Oc3cc(S(=O)[O-])c(O)cn3)c(Cl)c2)c(=O)[nH]c1=O. The molecule has 0 aliphatic rings. The normalized spacial score (nSPS) is 11.7. The van der Waals surface area contributed by atoms with E-state index in [0.717, 1.165) is 12.3 Å². The lowest BCUT2D eigenvalue weighted by Gasteiger charge is -2.13. The predicted molar refractivity (Wildman–Crippen MR) is 98.4 cm³/mol. The van der Waals surface area contributed by atoms with Crippen LogP contribution in [-0.2, 0) is 11.1 Å². The molecule has 14 heteroatoms. The summed E-state index contributed by atoms with van der Waals surface area (Å²) in [5.74, 6) is -0.935. The molecule has 1 aromatic carbocycles. The number of aromatic hydroxyl groups is 1. The van der Waals surface area contributed by atoms with Crippen LogP contribution in [0.4, 0.5) is 0 Å². The van der Waals surface area contributed by atoms with E-state index in [1.807, 2.05) is 4.98 Å². The summed E-state index contributed by atoms with van der Waals surface area (Å²) < 4.78 is 28.3. The third-order valence-corrected chi connectivity index (χ3v) is 4.62. The van der Waals surface area contributed by atoms with Crippen molar-refractivity contribution in [3.63, 3.8) is 0 Å². The van der Waals surface area contributed by atoms with E-state index < -0.39 is 38.7 Å². The van der Waals surface area contributed by atoms with E-state index in [2.05, 4.69) is 10.1 Å². The number of H-pyrrole nitrogens is 1. The van der Waals surface area contributed by atoms with Crippen molar-refractivity contribution >= 4 is 34.3 Å². The molecule has 2 heterocycles. The number of hydrogen-bond acceptors (Lipinski definition) is 9. The molecule has 0 aliphatic carbocycles. The van der Waals surface area contributed by atoms with Crippen LogP contribution in [0.3, 0.4) is 0 Å². The number of aromatic nitrogens is 4. The summed E-state index contributed by atoms with van der Waals surface area (Å²) in [6.07, 6.45) is 0.865. The molecular formula is C15H6Cl2N5O6S-. The fourth-order valence-corrected chi connectivity index (χ4v) is 3.09. The third-order valence-electron chi connectivity index (χ3n) is 3.37. The molecule has 1 unspecified atom stereocenters. The first-order valence-corrected chi connectivity index (χ1v) is 9.13. The van der Waals surface area contributed by atoms with Crippen molar-refractivity contribution in [3.05, 3.63) is 61.0 Å². The number of nitrogens with one attached hydrogen (secondary N) is 1. The summed E-state index contributed by atoms with van der Waals surface area (Å²) in [6.45, 7) is 0. The summed E-state index contributed by atoms with van der Waals surface area (Å²) >= 11 is 9.53. The lowest BCUT2D eigenvalue weighted by Crippen LogP contribution is -2.33. The van der Waals surface area contributed by atoms with E-state index in [-0.39, 0.29) is 27.4 Å². The Morgan fingerprint density at radius 3 is 2.52 bits per heavy atom. The van der Waals surface area contributed by atoms with Crippen LogP contribution in [0.5, 0.6) is 17.4 Å². The molecule has 0 spiro atoms. The molecule has 0 amide bonds. The average Bonchev–Trinajstić information content (AvgIpc) is 2.65. The first-order valence-electron chi connectivity index (χ1n) is 7.30. The van der Waals surface area contributed by atoms with Crippen LogP contribution in [0.25, 0.3) is 5.69 Å². The van der Waals surface area contributed by atoms with Crippen molar-refractivity contribution in [2.75, 3.05) is 0 Å². The van der Waals surface area contributed by atoms with Gasteiger partial charge in [0.2, 0.25) is 11.6 Å². The van der Waals surface area contributed by atoms with E-state index in [4.69, 9.17) is 33.2 Å². The number of hydrogen-bond donors (Lipinski definition) is 2. The van der Waals surface area contributed by atoms with Gasteiger partial charge in [-0.15, -0.1) is 5.10 Å². The maximum absolute atomic E-state index is 12.0. The first-order chi connectivity index (χ1) is 13.7. The first kappa shape index (κ1) is 20.5. The van der Waals surface area contributed by atoms with Crippen molar-refractivity contribution in [1.29, 1.82) is 5.26 Å². The van der Waals surface area contributed by atoms with Gasteiger partial charge in [-0.05, 0) is 23.2 Å². The molecule has 29 heavy (non-hydrogen) atoms. The van der Waals surface area contributed by atoms with Crippen LogP contribution in [0.1, 0.15) is 5.69 Å². The lowest BCUT2D eigenvalue weighted by molar-refractivity contribution is 0.432. The molecule has 3 aromatic rings. The van der Waals surface area contributed by atoms with Crippen molar-refractivity contribution in [2.45, 2.75) is 4.90 Å². The number of rotatable bonds is 4. The summed E-state index contributed by atoms with van der Waals surface area (Å²) in [6, 6.07) is 4.92. The quantitative estimate of drug-likeness (QED) is 0.548. The fourth-order valence-electron chi connectivity index (χ4n) is 2.12. The topological polar surface area (TPSA) is 174 Å². The van der Waals surface area contributed by atoms with Crippen molar-refractivity contribution < 1.29 is 18.6 Å². The van der Waals surface area contributed by atoms with Gasteiger partial charge in [0.05, 0.1) is 26.8 Å². The molecule has 11 nitrogen and oxygen atoms in total. The second-order valence-corrected chi connectivity index (χ2v) is 6.92. The minimum Gasteiger partial charge on any atom is -0.768 e. The second kappa shape index (κ2) is 8.02. The molecule has 0 aliphatic heterocycles. The van der Waals surface area contributed by atoms with Crippen LogP contribution < -0.4 is 16.0 Å². The van der Waals surface area contributed by atoms with Crippen LogP contribution in [0.2, 0.25) is 10.0 Å². The Bertz CT molecular complexity index is 1290. The molecule has 0 fully saturated rings. The van der Waals surface area contributed by atoms with Gasteiger partial charge in [-0.3, -0.25) is 14.0 Å². The summed E-state index contributed by atoms with van der Waals surface area (Å²) in [4.78, 5) is 28.6. The Morgan fingerprint density at radius 1 is 1.28 bits per heavy atom. The minimum absolute atomic E-state index is 0.0186. The molecule has 0 saturated heterocycles. The van der Waals surface area contributed by atoms with E-state index in [9.17, 15) is 23.5 Å². The third kappa shape index (κ3) is 4.13. The van der Waals surface area contributed by atoms with Crippen LogP contribution in [0.15, 0.2) is 38.9 Å². The lowest BCUT2D eigenvalue weighted by atomic mass is 10.3. The average molecular weight is 455 g/mol. The van der Waals surface area contributed by atoms with Gasteiger partial charge in [-0.25, -0.2) is 9.78 Å². The molecule has 2 N–H and O–H groups in total. The summed E-state index contributed by atoms with van der Waals surface area (Å²) in [5, 5.41) is 21.8. The monoisotopic (exact) mass is 454 g/mol. The van der Waals surface area contributed by atoms with Gasteiger partial charge in [-0.1, -0.05) is 23.2 Å². The van der Waals surface area contributed by atoms with Crippen molar-refractivity contribution in [3.8, 4) is 29.1 Å². The Hall–Kier alpha value is -3.24. The Balaban J connectivity index is 2.05. The Kier molecular flexibility index (Phi) is 5.66. The molecule has 3 rings (SSSR count). The molecule has 148 valence electrons. The van der Waals surface area contributed by atoms with Crippen molar-refractivity contribution in [2.24, 2.45) is 0 Å². The molecule has 0 saturated carbocycles. The van der Waals surface area contributed by atoms with Crippen LogP contribution in [0, 0.1) is 11.3 Å². The van der Waals surface area contributed by atoms with Gasteiger partial charge in [0.15, 0.2) is 5.75 Å². The van der Waals surface area contributed by atoms with E-state index in [1.54, 1.807) is 6.07 Å². The highest BCUT2D eigenvalue weighted by atomic mass is 35.5. The number of benzene rings is 1. The number of aromatic amines is 1. The second-order valence-electron chi connectivity index (χ2n) is 5.20. The van der Waals surface area contributed by atoms with Crippen LogP contribution in [-0.4, -0.2) is 33.6 Å². The number of pyridine rings is 1. The fraction of sp³-hybridized carbons (Fsp3) is 0. The van der Waals surface area contributed by atoms with E-state index >= 15 is 0 Å². The number of ether oxygens (including phenoxy) is 1. The van der Waals surface area contributed by atoms with Gasteiger partial charge >= 0.3 is 5.69 Å². The molecule has 2 aromatic heterocycles. The van der Waals surface area contributed by atoms with Crippen molar-refractivity contribution in [1.82, 2.24) is 19.7 Å². The zero-order chi connectivity index (χ0) is 21.3. The van der Waals surface area contributed by atoms with E-state index in [1.165, 1.54) is 12.1 Å². The summed E-state index contributed by atoms with van der Waals surface area (Å²) in [7, 11) is 0. The molecular weight excluding hydrogens is 449 g/mol. The molecule has 1 atom stereocenters. The Labute approximate surface area is 173 Å². The number of halogens is 2. The molecule has 0 bridgehead atoms. The zero-order valence-electron chi connectivity index (χ0n) is 13.8. The minimum atomic E-state index is -2.74. The zero-order valence-corrected chi connectivity index (χ0v) is 16.1. The molecule has 0 radical (unpaired) electrons. The smallest absolute Gasteiger partial charge is 0.349 e. The predicted octanol–water partition coefficient (Wildman–Crippen LogP) is 1.23. The largest absolute Gasteiger partial charge is 0.768 e.